The van der Waals surface area contributed by atoms with Crippen molar-refractivity contribution in [1.29, 1.82) is 0 Å². The van der Waals surface area contributed by atoms with E-state index in [9.17, 15) is 43.2 Å². The van der Waals surface area contributed by atoms with Crippen molar-refractivity contribution in [3.63, 3.8) is 0 Å². The molecule has 0 heterocycles. The third-order valence-corrected chi connectivity index (χ3v) is 21.1. The zero-order valence-corrected chi connectivity index (χ0v) is 68.0. The van der Waals surface area contributed by atoms with Gasteiger partial charge in [-0.1, -0.05) is 382 Å². The van der Waals surface area contributed by atoms with E-state index in [1.54, 1.807) is 0 Å². The Morgan fingerprint density at radius 3 is 0.673 bits per heavy atom. The van der Waals surface area contributed by atoms with Crippen LogP contribution in [0.5, 0.6) is 0 Å². The highest BCUT2D eigenvalue weighted by atomic mass is 31.2. The van der Waals surface area contributed by atoms with Crippen LogP contribution in [-0.2, 0) is 65.4 Å². The molecule has 0 aromatic heterocycles. The maximum atomic E-state index is 13.1. The van der Waals surface area contributed by atoms with Crippen molar-refractivity contribution in [2.75, 3.05) is 39.6 Å². The summed E-state index contributed by atoms with van der Waals surface area (Å²) in [4.78, 5) is 73.0. The summed E-state index contributed by atoms with van der Waals surface area (Å²) in [5, 5.41) is 10.6. The molecule has 600 valence electrons. The largest absolute Gasteiger partial charge is 0.472 e. The number of hydrogen-bond donors (Lipinski definition) is 3. The van der Waals surface area contributed by atoms with Gasteiger partial charge in [-0.25, -0.2) is 9.13 Å². The van der Waals surface area contributed by atoms with Gasteiger partial charge in [-0.05, 0) is 37.5 Å². The number of esters is 4. The molecular weight excluding hydrogens is 1320 g/mol. The molecule has 0 aliphatic rings. The first-order chi connectivity index (χ1) is 48.9. The summed E-state index contributed by atoms with van der Waals surface area (Å²) in [6, 6.07) is 0. The van der Waals surface area contributed by atoms with Crippen LogP contribution in [0.4, 0.5) is 0 Å². The monoisotopic (exact) mass is 1480 g/mol. The van der Waals surface area contributed by atoms with Crippen LogP contribution in [0.25, 0.3) is 0 Å². The smallest absolute Gasteiger partial charge is 0.462 e. The van der Waals surface area contributed by atoms with E-state index >= 15 is 0 Å². The average Bonchev–Trinajstić information content (AvgIpc) is 1.11. The number of carbonyl (C=O) groups excluding carboxylic acids is 4. The van der Waals surface area contributed by atoms with Crippen molar-refractivity contribution in [2.45, 2.75) is 452 Å². The van der Waals surface area contributed by atoms with Gasteiger partial charge in [-0.3, -0.25) is 37.3 Å². The van der Waals surface area contributed by atoms with E-state index in [0.717, 1.165) is 102 Å². The normalized spacial score (nSPS) is 13.9. The standard InChI is InChI=1S/C82H160O17P2/c1-7-9-11-13-15-17-19-20-21-22-23-27-30-35-41-47-53-59-65-80(85)93-71-78(98-81(86)66-60-54-48-42-36-31-28-25-24-26-29-33-38-44-50-56-62-74(3)4)73-97-101(90,91)95-69-76(83)68-94-100(88,89)96-72-77(70-92-79(84)64-58-52-46-40-18-16-14-12-10-8-2)99-82(87)67-61-55-49-43-37-32-34-39-45-51-57-63-75(5)6/h74-78,83H,7-73H2,1-6H3,(H,88,89)(H,90,91)/t76-,77+,78+/m0/s1. The Morgan fingerprint density at radius 2 is 0.455 bits per heavy atom. The molecule has 101 heavy (non-hydrogen) atoms. The average molecular weight is 1480 g/mol. The van der Waals surface area contributed by atoms with Crippen LogP contribution in [0, 0.1) is 11.8 Å². The van der Waals surface area contributed by atoms with E-state index in [1.165, 1.54) is 250 Å². The molecule has 0 amide bonds. The molecule has 0 bridgehead atoms. The second-order valence-corrected chi connectivity index (χ2v) is 33.4. The Labute approximate surface area is 619 Å². The van der Waals surface area contributed by atoms with Gasteiger partial charge in [-0.15, -0.1) is 0 Å². The number of unbranched alkanes of at least 4 members (excludes halogenated alkanes) is 51. The minimum Gasteiger partial charge on any atom is -0.462 e. The van der Waals surface area contributed by atoms with Gasteiger partial charge in [0.25, 0.3) is 0 Å². The van der Waals surface area contributed by atoms with Gasteiger partial charge in [-0.2, -0.15) is 0 Å². The number of phosphoric acid groups is 2. The first kappa shape index (κ1) is 99.1. The van der Waals surface area contributed by atoms with Crippen LogP contribution in [0.2, 0.25) is 0 Å². The molecule has 0 aromatic rings. The molecule has 19 heteroatoms. The minimum absolute atomic E-state index is 0.107. The molecule has 17 nitrogen and oxygen atoms in total. The number of rotatable bonds is 81. The molecule has 2 unspecified atom stereocenters. The van der Waals surface area contributed by atoms with Crippen molar-refractivity contribution < 1.29 is 80.2 Å². The van der Waals surface area contributed by atoms with Crippen LogP contribution >= 0.6 is 15.6 Å². The van der Waals surface area contributed by atoms with Gasteiger partial charge >= 0.3 is 39.5 Å². The highest BCUT2D eigenvalue weighted by molar-refractivity contribution is 7.47. The van der Waals surface area contributed by atoms with Crippen molar-refractivity contribution in [3.8, 4) is 0 Å². The predicted molar refractivity (Wildman–Crippen MR) is 414 cm³/mol. The molecule has 0 aliphatic heterocycles. The third-order valence-electron chi connectivity index (χ3n) is 19.2. The quantitative estimate of drug-likeness (QED) is 0.0222. The van der Waals surface area contributed by atoms with Gasteiger partial charge in [0.05, 0.1) is 26.4 Å². The lowest BCUT2D eigenvalue weighted by atomic mass is 10.0. The van der Waals surface area contributed by atoms with E-state index < -0.39 is 97.5 Å². The highest BCUT2D eigenvalue weighted by Crippen LogP contribution is 2.45. The highest BCUT2D eigenvalue weighted by Gasteiger charge is 2.30. The van der Waals surface area contributed by atoms with Gasteiger partial charge in [0.15, 0.2) is 12.2 Å². The second kappa shape index (κ2) is 73.6. The summed E-state index contributed by atoms with van der Waals surface area (Å²) >= 11 is 0. The Balaban J connectivity index is 5.23. The number of aliphatic hydroxyl groups excluding tert-OH is 1. The molecule has 0 aromatic carbocycles. The lowest BCUT2D eigenvalue weighted by Crippen LogP contribution is -2.30. The fourth-order valence-electron chi connectivity index (χ4n) is 12.7. The Bertz CT molecular complexity index is 1940. The molecule has 0 saturated carbocycles. The van der Waals surface area contributed by atoms with Crippen LogP contribution in [0.15, 0.2) is 0 Å². The summed E-state index contributed by atoms with van der Waals surface area (Å²) in [5.41, 5.74) is 0. The van der Waals surface area contributed by atoms with E-state index in [0.29, 0.717) is 25.7 Å². The molecule has 5 atom stereocenters. The summed E-state index contributed by atoms with van der Waals surface area (Å²) in [7, 11) is -9.92. The number of aliphatic hydroxyl groups is 1. The predicted octanol–water partition coefficient (Wildman–Crippen LogP) is 24.7. The maximum absolute atomic E-state index is 13.1. The van der Waals surface area contributed by atoms with Crippen LogP contribution in [0.1, 0.15) is 433 Å². The number of hydrogen-bond acceptors (Lipinski definition) is 15. The van der Waals surface area contributed by atoms with E-state index in [2.05, 4.69) is 41.5 Å². The summed E-state index contributed by atoms with van der Waals surface area (Å²) in [6.07, 6.45) is 63.8. The molecule has 0 aliphatic carbocycles. The molecule has 0 radical (unpaired) electrons. The van der Waals surface area contributed by atoms with Crippen LogP contribution < -0.4 is 0 Å². The molecule has 0 spiro atoms. The van der Waals surface area contributed by atoms with Crippen LogP contribution in [-0.4, -0.2) is 96.7 Å². The van der Waals surface area contributed by atoms with Crippen LogP contribution in [0.3, 0.4) is 0 Å². The Kier molecular flexibility index (Phi) is 72.2. The van der Waals surface area contributed by atoms with Crippen molar-refractivity contribution in [2.24, 2.45) is 11.8 Å². The zero-order chi connectivity index (χ0) is 74.2. The summed E-state index contributed by atoms with van der Waals surface area (Å²) in [5.74, 6) is -0.532. The lowest BCUT2D eigenvalue weighted by Gasteiger charge is -2.21. The van der Waals surface area contributed by atoms with Gasteiger partial charge in [0.1, 0.15) is 19.3 Å². The van der Waals surface area contributed by atoms with Crippen molar-refractivity contribution >= 4 is 39.5 Å². The Hall–Kier alpha value is -1.94. The maximum Gasteiger partial charge on any atom is 0.472 e. The molecular formula is C82H160O17P2. The second-order valence-electron chi connectivity index (χ2n) is 30.5. The fourth-order valence-corrected chi connectivity index (χ4v) is 14.3. The topological polar surface area (TPSA) is 237 Å². The SMILES string of the molecule is CCCCCCCCCCCCCCCCCCCCC(=O)OC[C@H](COP(=O)(O)OC[C@@H](O)COP(=O)(O)OC[C@@H](COC(=O)CCCCCCCCCCCC)OC(=O)CCCCCCCCCCCCCC(C)C)OC(=O)CCCCCCCCCCCCCCCCCCC(C)C. The zero-order valence-electron chi connectivity index (χ0n) is 66.2. The number of phosphoric ester groups is 2. The molecule has 0 fully saturated rings. The molecule has 0 saturated heterocycles. The van der Waals surface area contributed by atoms with Gasteiger partial charge in [0.2, 0.25) is 0 Å². The van der Waals surface area contributed by atoms with Crippen molar-refractivity contribution in [1.82, 2.24) is 0 Å². The summed E-state index contributed by atoms with van der Waals surface area (Å²) in [6.45, 7) is 9.67. The third kappa shape index (κ3) is 76.1. The first-order valence-corrected chi connectivity index (χ1v) is 45.5. The van der Waals surface area contributed by atoms with E-state index in [-0.39, 0.29) is 25.7 Å². The number of carbonyl (C=O) groups is 4. The minimum atomic E-state index is -4.96. The Morgan fingerprint density at radius 1 is 0.267 bits per heavy atom. The molecule has 3 N–H and O–H groups in total. The lowest BCUT2D eigenvalue weighted by molar-refractivity contribution is -0.161. The van der Waals surface area contributed by atoms with Crippen molar-refractivity contribution in [3.05, 3.63) is 0 Å². The molecule has 0 rings (SSSR count). The van der Waals surface area contributed by atoms with Gasteiger partial charge in [0, 0.05) is 25.7 Å². The van der Waals surface area contributed by atoms with Gasteiger partial charge < -0.3 is 33.8 Å². The van der Waals surface area contributed by atoms with E-state index in [4.69, 9.17) is 37.0 Å². The summed E-state index contributed by atoms with van der Waals surface area (Å²) < 4.78 is 68.7. The van der Waals surface area contributed by atoms with E-state index in [1.807, 2.05) is 0 Å². The number of ether oxygens (including phenoxy) is 4. The fraction of sp³-hybridized carbons (Fsp3) is 0.951. The first-order valence-electron chi connectivity index (χ1n) is 42.5.